The smallest absolute Gasteiger partial charge is 0.331 e. The minimum atomic E-state index is -0.196. The second-order valence-electron chi connectivity index (χ2n) is 3.36. The summed E-state index contributed by atoms with van der Waals surface area (Å²) in [6.07, 6.45) is 6.77. The molecule has 0 aromatic rings. The predicted octanol–water partition coefficient (Wildman–Crippen LogP) is 0.610. The Morgan fingerprint density at radius 2 is 2.58 bits per heavy atom. The van der Waals surface area contributed by atoms with Crippen LogP contribution in [0.4, 0.5) is 0 Å². The van der Waals surface area contributed by atoms with Crippen LogP contribution in [0.1, 0.15) is 19.3 Å². The fourth-order valence-electron chi connectivity index (χ4n) is 1.78. The van der Waals surface area contributed by atoms with Crippen molar-refractivity contribution in [2.45, 2.75) is 31.4 Å². The SMILES string of the molecule is O=C1C=CC(CC2CCCN2)O1. The number of hydrogen-bond donors (Lipinski definition) is 1. The fraction of sp³-hybridized carbons (Fsp3) is 0.667. The fourth-order valence-corrected chi connectivity index (χ4v) is 1.78. The van der Waals surface area contributed by atoms with Gasteiger partial charge in [-0.1, -0.05) is 0 Å². The van der Waals surface area contributed by atoms with E-state index in [1.165, 1.54) is 18.9 Å². The van der Waals surface area contributed by atoms with Crippen LogP contribution in [0.15, 0.2) is 12.2 Å². The van der Waals surface area contributed by atoms with Gasteiger partial charge in [-0.15, -0.1) is 0 Å². The monoisotopic (exact) mass is 167 g/mol. The van der Waals surface area contributed by atoms with Gasteiger partial charge in [0.25, 0.3) is 0 Å². The van der Waals surface area contributed by atoms with Gasteiger partial charge in [-0.2, -0.15) is 0 Å². The third-order valence-corrected chi connectivity index (χ3v) is 2.39. The Balaban J connectivity index is 1.79. The average molecular weight is 167 g/mol. The molecule has 12 heavy (non-hydrogen) atoms. The van der Waals surface area contributed by atoms with Crippen molar-refractivity contribution in [2.75, 3.05) is 6.54 Å². The molecule has 1 saturated heterocycles. The number of nitrogens with one attached hydrogen (secondary N) is 1. The highest BCUT2D eigenvalue weighted by molar-refractivity contribution is 5.84. The molecule has 2 unspecified atom stereocenters. The lowest BCUT2D eigenvalue weighted by Crippen LogP contribution is -2.26. The van der Waals surface area contributed by atoms with Gasteiger partial charge in [0.05, 0.1) is 0 Å². The van der Waals surface area contributed by atoms with Gasteiger partial charge in [0.2, 0.25) is 0 Å². The third-order valence-electron chi connectivity index (χ3n) is 2.39. The zero-order valence-electron chi connectivity index (χ0n) is 6.95. The highest BCUT2D eigenvalue weighted by Crippen LogP contribution is 2.16. The number of esters is 1. The Bertz CT molecular complexity index is 207. The van der Waals surface area contributed by atoms with Crippen LogP contribution in [0, 0.1) is 0 Å². The van der Waals surface area contributed by atoms with Crippen LogP contribution in [0.3, 0.4) is 0 Å². The Morgan fingerprint density at radius 3 is 3.17 bits per heavy atom. The molecule has 0 aromatic heterocycles. The largest absolute Gasteiger partial charge is 0.455 e. The van der Waals surface area contributed by atoms with Gasteiger partial charge in [0, 0.05) is 18.5 Å². The van der Waals surface area contributed by atoms with E-state index in [1.807, 2.05) is 6.08 Å². The maximum Gasteiger partial charge on any atom is 0.331 e. The van der Waals surface area contributed by atoms with E-state index in [4.69, 9.17) is 4.74 Å². The highest BCUT2D eigenvalue weighted by atomic mass is 16.5. The maximum absolute atomic E-state index is 10.7. The summed E-state index contributed by atoms with van der Waals surface area (Å²) in [6.45, 7) is 1.11. The molecule has 2 aliphatic rings. The molecule has 1 fully saturated rings. The molecule has 66 valence electrons. The van der Waals surface area contributed by atoms with Crippen molar-refractivity contribution in [3.05, 3.63) is 12.2 Å². The molecule has 2 rings (SSSR count). The molecule has 1 N–H and O–H groups in total. The molecule has 2 heterocycles. The molecule has 2 aliphatic heterocycles. The van der Waals surface area contributed by atoms with E-state index in [9.17, 15) is 4.79 Å². The van der Waals surface area contributed by atoms with Gasteiger partial charge >= 0.3 is 5.97 Å². The first-order valence-electron chi connectivity index (χ1n) is 4.47. The Hall–Kier alpha value is -0.830. The summed E-state index contributed by atoms with van der Waals surface area (Å²) in [5, 5.41) is 3.37. The van der Waals surface area contributed by atoms with Gasteiger partial charge in [-0.05, 0) is 25.5 Å². The van der Waals surface area contributed by atoms with Gasteiger partial charge in [-0.25, -0.2) is 4.79 Å². The van der Waals surface area contributed by atoms with Crippen molar-refractivity contribution in [1.82, 2.24) is 5.32 Å². The minimum Gasteiger partial charge on any atom is -0.455 e. The molecule has 0 aliphatic carbocycles. The van der Waals surface area contributed by atoms with Crippen LogP contribution in [0.5, 0.6) is 0 Å². The first-order valence-corrected chi connectivity index (χ1v) is 4.47. The molecule has 0 aromatic carbocycles. The summed E-state index contributed by atoms with van der Waals surface area (Å²) in [7, 11) is 0. The van der Waals surface area contributed by atoms with E-state index >= 15 is 0 Å². The summed E-state index contributed by atoms with van der Waals surface area (Å²) >= 11 is 0. The van der Waals surface area contributed by atoms with Crippen molar-refractivity contribution >= 4 is 5.97 Å². The van der Waals surface area contributed by atoms with E-state index < -0.39 is 0 Å². The van der Waals surface area contributed by atoms with Crippen molar-refractivity contribution in [2.24, 2.45) is 0 Å². The van der Waals surface area contributed by atoms with Crippen molar-refractivity contribution in [3.8, 4) is 0 Å². The van der Waals surface area contributed by atoms with Crippen LogP contribution < -0.4 is 5.32 Å². The Kier molecular flexibility index (Phi) is 2.13. The summed E-state index contributed by atoms with van der Waals surface area (Å²) in [4.78, 5) is 10.7. The number of cyclic esters (lactones) is 1. The molecule has 0 amide bonds. The lowest BCUT2D eigenvalue weighted by Gasteiger charge is -2.13. The average Bonchev–Trinajstić information content (AvgIpc) is 2.63. The lowest BCUT2D eigenvalue weighted by atomic mass is 10.1. The normalized spacial score (nSPS) is 34.2. The molecule has 0 bridgehead atoms. The standard InChI is InChI=1S/C9H13NO2/c11-9-4-3-8(12-9)6-7-2-1-5-10-7/h3-4,7-8,10H,1-2,5-6H2. The first kappa shape index (κ1) is 7.80. The summed E-state index contributed by atoms with van der Waals surface area (Å²) in [5.41, 5.74) is 0. The second-order valence-corrected chi connectivity index (χ2v) is 3.36. The first-order chi connectivity index (χ1) is 5.84. The number of carbonyl (C=O) groups is 1. The van der Waals surface area contributed by atoms with Crippen molar-refractivity contribution in [1.29, 1.82) is 0 Å². The van der Waals surface area contributed by atoms with Crippen LogP contribution in [0.2, 0.25) is 0 Å². The topological polar surface area (TPSA) is 38.3 Å². The molecule has 0 saturated carbocycles. The van der Waals surface area contributed by atoms with Crippen LogP contribution in [-0.4, -0.2) is 24.7 Å². The predicted molar refractivity (Wildman–Crippen MR) is 44.7 cm³/mol. The van der Waals surface area contributed by atoms with E-state index in [1.54, 1.807) is 0 Å². The summed E-state index contributed by atoms with van der Waals surface area (Å²) in [5.74, 6) is -0.196. The highest BCUT2D eigenvalue weighted by Gasteiger charge is 2.22. The van der Waals surface area contributed by atoms with Crippen LogP contribution >= 0.6 is 0 Å². The van der Waals surface area contributed by atoms with Gasteiger partial charge in [-0.3, -0.25) is 0 Å². The number of rotatable bonds is 2. The molecule has 0 radical (unpaired) electrons. The minimum absolute atomic E-state index is 0.0214. The molecule has 2 atom stereocenters. The zero-order chi connectivity index (χ0) is 8.39. The summed E-state index contributed by atoms with van der Waals surface area (Å²) < 4.78 is 5.03. The quantitative estimate of drug-likeness (QED) is 0.612. The number of ether oxygens (including phenoxy) is 1. The second kappa shape index (κ2) is 3.27. The molecular formula is C9H13NO2. The molecule has 0 spiro atoms. The van der Waals surface area contributed by atoms with Crippen LogP contribution in [-0.2, 0) is 9.53 Å². The Morgan fingerprint density at radius 1 is 1.67 bits per heavy atom. The Labute approximate surface area is 71.8 Å². The molecule has 3 nitrogen and oxygen atoms in total. The van der Waals surface area contributed by atoms with Crippen molar-refractivity contribution < 1.29 is 9.53 Å². The van der Waals surface area contributed by atoms with E-state index in [-0.39, 0.29) is 12.1 Å². The van der Waals surface area contributed by atoms with Gasteiger partial charge < -0.3 is 10.1 Å². The number of hydrogen-bond acceptors (Lipinski definition) is 3. The maximum atomic E-state index is 10.7. The summed E-state index contributed by atoms with van der Waals surface area (Å²) in [6, 6.07) is 0.547. The van der Waals surface area contributed by atoms with Crippen LogP contribution in [0.25, 0.3) is 0 Å². The van der Waals surface area contributed by atoms with E-state index in [0.29, 0.717) is 6.04 Å². The lowest BCUT2D eigenvalue weighted by molar-refractivity contribution is -0.138. The van der Waals surface area contributed by atoms with Gasteiger partial charge in [0.1, 0.15) is 6.10 Å². The zero-order valence-corrected chi connectivity index (χ0v) is 6.95. The third kappa shape index (κ3) is 1.67. The van der Waals surface area contributed by atoms with Gasteiger partial charge in [0.15, 0.2) is 0 Å². The number of carbonyl (C=O) groups excluding carboxylic acids is 1. The van der Waals surface area contributed by atoms with E-state index in [0.717, 1.165) is 13.0 Å². The molecule has 3 heteroatoms. The molecular weight excluding hydrogens is 154 g/mol. The van der Waals surface area contributed by atoms with Crippen molar-refractivity contribution in [3.63, 3.8) is 0 Å². The van der Waals surface area contributed by atoms with E-state index in [2.05, 4.69) is 5.32 Å².